The summed E-state index contributed by atoms with van der Waals surface area (Å²) in [6.45, 7) is 7.73. The first kappa shape index (κ1) is 16.5. The lowest BCUT2D eigenvalue weighted by molar-refractivity contribution is 0.0656. The highest BCUT2D eigenvalue weighted by atomic mass is 32.2. The van der Waals surface area contributed by atoms with Crippen molar-refractivity contribution < 1.29 is 13.2 Å². The molecule has 2 rings (SSSR count). The SMILES string of the molecule is CC(C)OCc1cccc(S(=O)(=O)N2CCC[C@H](C)C2)c1. The molecule has 21 heavy (non-hydrogen) atoms. The topological polar surface area (TPSA) is 46.6 Å². The summed E-state index contributed by atoms with van der Waals surface area (Å²) < 4.78 is 32.6. The Kier molecular flexibility index (Phi) is 5.41. The minimum absolute atomic E-state index is 0.133. The molecule has 118 valence electrons. The van der Waals surface area contributed by atoms with Crippen LogP contribution in [-0.4, -0.2) is 31.9 Å². The van der Waals surface area contributed by atoms with Crippen LogP contribution in [0, 0.1) is 5.92 Å². The predicted molar refractivity (Wildman–Crippen MR) is 83.5 cm³/mol. The standard InChI is InChI=1S/C16H25NO3S/c1-13(2)20-12-15-7-4-8-16(10-15)21(18,19)17-9-5-6-14(3)11-17/h4,7-8,10,13-14H,5-6,9,11-12H2,1-3H3/t14-/m0/s1. The molecule has 0 N–H and O–H groups in total. The maximum atomic E-state index is 12.7. The Bertz CT molecular complexity index is 569. The summed E-state index contributed by atoms with van der Waals surface area (Å²) >= 11 is 0. The first-order valence-corrected chi connectivity index (χ1v) is 9.04. The van der Waals surface area contributed by atoms with Gasteiger partial charge in [0.05, 0.1) is 17.6 Å². The van der Waals surface area contributed by atoms with Gasteiger partial charge in [-0.3, -0.25) is 0 Å². The number of benzene rings is 1. The molecule has 0 unspecified atom stereocenters. The Labute approximate surface area is 128 Å². The molecular weight excluding hydrogens is 286 g/mol. The molecule has 1 aliphatic rings. The average Bonchev–Trinajstić information content (AvgIpc) is 2.45. The third-order valence-electron chi connectivity index (χ3n) is 3.74. The summed E-state index contributed by atoms with van der Waals surface area (Å²) in [5.74, 6) is 0.431. The van der Waals surface area contributed by atoms with E-state index in [9.17, 15) is 8.42 Å². The predicted octanol–water partition coefficient (Wildman–Crippen LogP) is 3.03. The molecule has 5 heteroatoms. The van der Waals surface area contributed by atoms with Crippen LogP contribution in [0.1, 0.15) is 39.2 Å². The second-order valence-corrected chi connectivity index (χ2v) is 8.06. The van der Waals surface area contributed by atoms with Crippen LogP contribution < -0.4 is 0 Å². The van der Waals surface area contributed by atoms with Crippen molar-refractivity contribution in [1.29, 1.82) is 0 Å². The fourth-order valence-electron chi connectivity index (χ4n) is 2.57. The molecule has 1 heterocycles. The van der Waals surface area contributed by atoms with Crippen LogP contribution in [0.15, 0.2) is 29.2 Å². The van der Waals surface area contributed by atoms with Gasteiger partial charge in [-0.15, -0.1) is 0 Å². The molecule has 0 aromatic heterocycles. The Morgan fingerprint density at radius 3 is 2.81 bits per heavy atom. The Hall–Kier alpha value is -0.910. The van der Waals surface area contributed by atoms with E-state index in [1.54, 1.807) is 22.5 Å². The molecule has 1 saturated heterocycles. The fourth-order valence-corrected chi connectivity index (χ4v) is 4.24. The van der Waals surface area contributed by atoms with Gasteiger partial charge in [-0.05, 0) is 50.3 Å². The first-order valence-electron chi connectivity index (χ1n) is 7.60. The number of nitrogens with zero attached hydrogens (tertiary/aromatic N) is 1. The Morgan fingerprint density at radius 1 is 1.38 bits per heavy atom. The van der Waals surface area contributed by atoms with Gasteiger partial charge in [-0.1, -0.05) is 19.1 Å². The van der Waals surface area contributed by atoms with Crippen LogP contribution in [-0.2, 0) is 21.4 Å². The second kappa shape index (κ2) is 6.90. The van der Waals surface area contributed by atoms with Crippen molar-refractivity contribution in [2.45, 2.75) is 51.2 Å². The number of hydrogen-bond acceptors (Lipinski definition) is 3. The molecule has 1 aliphatic heterocycles. The van der Waals surface area contributed by atoms with Gasteiger partial charge in [-0.25, -0.2) is 8.42 Å². The van der Waals surface area contributed by atoms with Crippen LogP contribution in [0.2, 0.25) is 0 Å². The van der Waals surface area contributed by atoms with Crippen LogP contribution in [0.5, 0.6) is 0 Å². The van der Waals surface area contributed by atoms with Gasteiger partial charge in [0.2, 0.25) is 10.0 Å². The molecule has 0 aliphatic carbocycles. The van der Waals surface area contributed by atoms with Gasteiger partial charge in [0.15, 0.2) is 0 Å². The van der Waals surface area contributed by atoms with E-state index in [4.69, 9.17) is 4.74 Å². The van der Waals surface area contributed by atoms with Gasteiger partial charge in [0, 0.05) is 13.1 Å². The molecule has 0 bridgehead atoms. The van der Waals surface area contributed by atoms with E-state index in [0.29, 0.717) is 30.5 Å². The lowest BCUT2D eigenvalue weighted by Gasteiger charge is -2.30. The van der Waals surface area contributed by atoms with Crippen molar-refractivity contribution in [3.8, 4) is 0 Å². The molecule has 0 spiro atoms. The van der Waals surface area contributed by atoms with E-state index in [1.165, 1.54) is 0 Å². The van der Waals surface area contributed by atoms with Gasteiger partial charge < -0.3 is 4.74 Å². The third kappa shape index (κ3) is 4.28. The van der Waals surface area contributed by atoms with Crippen LogP contribution in [0.3, 0.4) is 0 Å². The van der Waals surface area contributed by atoms with E-state index in [0.717, 1.165) is 18.4 Å². The minimum atomic E-state index is -3.38. The first-order chi connectivity index (χ1) is 9.89. The Balaban J connectivity index is 2.17. The summed E-state index contributed by atoms with van der Waals surface area (Å²) in [4.78, 5) is 0.376. The molecule has 1 aromatic carbocycles. The van der Waals surface area contributed by atoms with E-state index in [2.05, 4.69) is 6.92 Å². The fraction of sp³-hybridized carbons (Fsp3) is 0.625. The van der Waals surface area contributed by atoms with E-state index < -0.39 is 10.0 Å². The summed E-state index contributed by atoms with van der Waals surface area (Å²) in [5.41, 5.74) is 0.898. The molecular formula is C16H25NO3S. The lowest BCUT2D eigenvalue weighted by Crippen LogP contribution is -2.39. The molecule has 1 aromatic rings. The molecule has 0 saturated carbocycles. The summed E-state index contributed by atoms with van der Waals surface area (Å²) in [6.07, 6.45) is 2.18. The van der Waals surface area contributed by atoms with Gasteiger partial charge in [0.1, 0.15) is 0 Å². The smallest absolute Gasteiger partial charge is 0.243 e. The quantitative estimate of drug-likeness (QED) is 0.839. The second-order valence-electron chi connectivity index (χ2n) is 6.12. The average molecular weight is 311 g/mol. The van der Waals surface area contributed by atoms with Crippen molar-refractivity contribution in [3.63, 3.8) is 0 Å². The largest absolute Gasteiger partial charge is 0.374 e. The van der Waals surface area contributed by atoms with Crippen molar-refractivity contribution in [1.82, 2.24) is 4.31 Å². The zero-order valence-corrected chi connectivity index (χ0v) is 13.9. The number of piperidine rings is 1. The minimum Gasteiger partial charge on any atom is -0.374 e. The Morgan fingerprint density at radius 2 is 2.14 bits per heavy atom. The lowest BCUT2D eigenvalue weighted by atomic mass is 10.0. The van der Waals surface area contributed by atoms with Crippen molar-refractivity contribution in [2.24, 2.45) is 5.92 Å². The number of rotatable bonds is 5. The molecule has 0 radical (unpaired) electrons. The zero-order valence-electron chi connectivity index (χ0n) is 13.1. The van der Waals surface area contributed by atoms with E-state index in [1.807, 2.05) is 19.9 Å². The number of hydrogen-bond donors (Lipinski definition) is 0. The third-order valence-corrected chi connectivity index (χ3v) is 5.60. The maximum absolute atomic E-state index is 12.7. The molecule has 1 fully saturated rings. The van der Waals surface area contributed by atoms with Gasteiger partial charge in [-0.2, -0.15) is 4.31 Å². The van der Waals surface area contributed by atoms with Crippen LogP contribution in [0.25, 0.3) is 0 Å². The van der Waals surface area contributed by atoms with Crippen molar-refractivity contribution in [2.75, 3.05) is 13.1 Å². The highest BCUT2D eigenvalue weighted by Gasteiger charge is 2.28. The summed E-state index contributed by atoms with van der Waals surface area (Å²) in [7, 11) is -3.38. The highest BCUT2D eigenvalue weighted by molar-refractivity contribution is 7.89. The van der Waals surface area contributed by atoms with Crippen molar-refractivity contribution in [3.05, 3.63) is 29.8 Å². The maximum Gasteiger partial charge on any atom is 0.243 e. The molecule has 1 atom stereocenters. The normalized spacial score (nSPS) is 20.9. The number of ether oxygens (including phenoxy) is 1. The summed E-state index contributed by atoms with van der Waals surface area (Å²) in [5, 5.41) is 0. The van der Waals surface area contributed by atoms with E-state index >= 15 is 0 Å². The highest BCUT2D eigenvalue weighted by Crippen LogP contribution is 2.24. The van der Waals surface area contributed by atoms with Gasteiger partial charge >= 0.3 is 0 Å². The summed E-state index contributed by atoms with van der Waals surface area (Å²) in [6, 6.07) is 7.10. The molecule has 0 amide bonds. The van der Waals surface area contributed by atoms with Crippen LogP contribution in [0.4, 0.5) is 0 Å². The van der Waals surface area contributed by atoms with E-state index in [-0.39, 0.29) is 6.10 Å². The van der Waals surface area contributed by atoms with Gasteiger partial charge in [0.25, 0.3) is 0 Å². The monoisotopic (exact) mass is 311 g/mol. The van der Waals surface area contributed by atoms with Crippen molar-refractivity contribution >= 4 is 10.0 Å². The molecule has 4 nitrogen and oxygen atoms in total. The van der Waals surface area contributed by atoms with Crippen LogP contribution >= 0.6 is 0 Å². The zero-order chi connectivity index (χ0) is 15.5. The number of sulfonamides is 1.